The molecule has 0 spiro atoms. The first kappa shape index (κ1) is 22.3. The van der Waals surface area contributed by atoms with Gasteiger partial charge in [0.1, 0.15) is 5.03 Å². The molecule has 2 heterocycles. The number of benzene rings is 2. The molecule has 1 amide bonds. The molecule has 0 saturated carbocycles. The monoisotopic (exact) mass is 446 g/mol. The summed E-state index contributed by atoms with van der Waals surface area (Å²) in [7, 11) is 0. The van der Waals surface area contributed by atoms with Crippen LogP contribution in [-0.4, -0.2) is 35.5 Å². The van der Waals surface area contributed by atoms with Crippen LogP contribution in [0.4, 0.5) is 5.82 Å². The van der Waals surface area contributed by atoms with E-state index in [9.17, 15) is 4.79 Å². The Morgan fingerprint density at radius 3 is 2.69 bits per heavy atom. The molecule has 2 aromatic carbocycles. The van der Waals surface area contributed by atoms with Gasteiger partial charge < -0.3 is 10.2 Å². The van der Waals surface area contributed by atoms with E-state index in [0.717, 1.165) is 48.0 Å². The van der Waals surface area contributed by atoms with Crippen LogP contribution in [0.2, 0.25) is 0 Å². The van der Waals surface area contributed by atoms with Gasteiger partial charge in [-0.2, -0.15) is 0 Å². The maximum absolute atomic E-state index is 12.8. The van der Waals surface area contributed by atoms with Gasteiger partial charge >= 0.3 is 0 Å². The Morgan fingerprint density at radius 2 is 1.88 bits per heavy atom. The average molecular weight is 447 g/mol. The molecule has 4 rings (SSSR count). The van der Waals surface area contributed by atoms with Gasteiger partial charge in [-0.15, -0.1) is 0 Å². The zero-order valence-corrected chi connectivity index (χ0v) is 19.4. The predicted octanol–water partition coefficient (Wildman–Crippen LogP) is 4.90. The fourth-order valence-electron chi connectivity index (χ4n) is 4.00. The third-order valence-corrected chi connectivity index (χ3v) is 6.75. The molecule has 1 aliphatic rings. The summed E-state index contributed by atoms with van der Waals surface area (Å²) in [6.45, 7) is 4.38. The van der Waals surface area contributed by atoms with E-state index in [-0.39, 0.29) is 11.8 Å². The number of carbonyl (C=O) groups excluding carboxylic acids is 1. The van der Waals surface area contributed by atoms with E-state index >= 15 is 0 Å². The minimum Gasteiger partial charge on any atom is -0.356 e. The van der Waals surface area contributed by atoms with E-state index in [1.54, 1.807) is 24.2 Å². The number of aryl methyl sites for hydroxylation is 2. The molecule has 1 fully saturated rings. The minimum atomic E-state index is -0.0142. The van der Waals surface area contributed by atoms with Crippen molar-refractivity contribution in [2.75, 3.05) is 24.5 Å². The van der Waals surface area contributed by atoms with Gasteiger partial charge in [-0.05, 0) is 50.3 Å². The van der Waals surface area contributed by atoms with Crippen LogP contribution in [0.5, 0.6) is 0 Å². The molecule has 1 aromatic heterocycles. The van der Waals surface area contributed by atoms with E-state index in [4.69, 9.17) is 0 Å². The molecule has 3 aromatic rings. The molecule has 5 nitrogen and oxygen atoms in total. The largest absolute Gasteiger partial charge is 0.356 e. The number of hydrogen-bond donors (Lipinski definition) is 1. The van der Waals surface area contributed by atoms with Crippen molar-refractivity contribution in [2.45, 2.75) is 42.5 Å². The van der Waals surface area contributed by atoms with Crippen LogP contribution in [0.3, 0.4) is 0 Å². The van der Waals surface area contributed by atoms with E-state index in [0.29, 0.717) is 13.1 Å². The lowest BCUT2D eigenvalue weighted by Gasteiger charge is -2.33. The second kappa shape index (κ2) is 11.1. The van der Waals surface area contributed by atoms with E-state index in [1.165, 1.54) is 11.1 Å². The van der Waals surface area contributed by atoms with Gasteiger partial charge in [0.25, 0.3) is 0 Å². The van der Waals surface area contributed by atoms with Crippen molar-refractivity contribution in [3.63, 3.8) is 0 Å². The number of hydrogen-bond acceptors (Lipinski definition) is 5. The van der Waals surface area contributed by atoms with Crippen molar-refractivity contribution in [1.82, 2.24) is 15.3 Å². The normalized spacial score (nSPS) is 16.0. The fourth-order valence-corrected chi connectivity index (χ4v) is 4.88. The van der Waals surface area contributed by atoms with Crippen LogP contribution >= 0.6 is 11.8 Å². The Labute approximate surface area is 194 Å². The molecule has 0 radical (unpaired) electrons. The molecule has 32 heavy (non-hydrogen) atoms. The van der Waals surface area contributed by atoms with Gasteiger partial charge in [-0.25, -0.2) is 9.97 Å². The van der Waals surface area contributed by atoms with Gasteiger partial charge in [-0.3, -0.25) is 4.79 Å². The topological polar surface area (TPSA) is 58.1 Å². The molecule has 1 unspecified atom stereocenters. The highest BCUT2D eigenvalue weighted by atomic mass is 32.2. The number of piperidine rings is 1. The first-order valence-electron chi connectivity index (χ1n) is 11.3. The van der Waals surface area contributed by atoms with E-state index < -0.39 is 0 Å². The first-order chi connectivity index (χ1) is 15.7. The average Bonchev–Trinajstić information content (AvgIpc) is 2.84. The SMILES string of the molecule is Cc1ccc(Sc2nccnc2N2CCCC(C(=O)NCCCc3ccccc3)C2)cc1. The molecule has 0 aliphatic carbocycles. The molecule has 0 bridgehead atoms. The smallest absolute Gasteiger partial charge is 0.224 e. The zero-order valence-electron chi connectivity index (χ0n) is 18.5. The van der Waals surface area contributed by atoms with Crippen LogP contribution < -0.4 is 10.2 Å². The maximum atomic E-state index is 12.8. The summed E-state index contributed by atoms with van der Waals surface area (Å²) in [5.41, 5.74) is 2.55. The summed E-state index contributed by atoms with van der Waals surface area (Å²) < 4.78 is 0. The molecule has 166 valence electrons. The highest BCUT2D eigenvalue weighted by Crippen LogP contribution is 2.34. The molecular weight excluding hydrogens is 416 g/mol. The number of nitrogens with zero attached hydrogens (tertiary/aromatic N) is 3. The highest BCUT2D eigenvalue weighted by Gasteiger charge is 2.28. The lowest BCUT2D eigenvalue weighted by molar-refractivity contribution is -0.125. The van der Waals surface area contributed by atoms with Crippen molar-refractivity contribution in [2.24, 2.45) is 5.92 Å². The Balaban J connectivity index is 1.33. The lowest BCUT2D eigenvalue weighted by Crippen LogP contribution is -2.43. The Hall–Kier alpha value is -2.86. The van der Waals surface area contributed by atoms with Crippen molar-refractivity contribution < 1.29 is 4.79 Å². The third-order valence-electron chi connectivity index (χ3n) is 5.76. The van der Waals surface area contributed by atoms with Crippen LogP contribution in [0.25, 0.3) is 0 Å². The number of anilines is 1. The Bertz CT molecular complexity index is 1010. The van der Waals surface area contributed by atoms with Gasteiger partial charge in [0, 0.05) is 36.9 Å². The van der Waals surface area contributed by atoms with Crippen LogP contribution in [0.15, 0.2) is 76.9 Å². The van der Waals surface area contributed by atoms with Crippen LogP contribution in [0, 0.1) is 12.8 Å². The fraction of sp³-hybridized carbons (Fsp3) is 0.346. The Kier molecular flexibility index (Phi) is 7.77. The summed E-state index contributed by atoms with van der Waals surface area (Å²) in [6.07, 6.45) is 7.31. The summed E-state index contributed by atoms with van der Waals surface area (Å²) >= 11 is 1.63. The van der Waals surface area contributed by atoms with Crippen molar-refractivity contribution in [3.8, 4) is 0 Å². The number of carbonyl (C=O) groups is 1. The van der Waals surface area contributed by atoms with E-state index in [1.807, 2.05) is 6.07 Å². The summed E-state index contributed by atoms with van der Waals surface area (Å²) in [4.78, 5) is 25.4. The standard InChI is InChI=1S/C26H30N4OS/c1-20-11-13-23(14-12-20)32-26-24(27-16-17-29-26)30-18-6-10-22(19-30)25(31)28-15-5-9-21-7-3-2-4-8-21/h2-4,7-8,11-14,16-17,22H,5-6,9-10,15,18-19H2,1H3,(H,28,31). The molecule has 1 atom stereocenters. The second-order valence-electron chi connectivity index (χ2n) is 8.27. The molecular formula is C26H30N4OS. The summed E-state index contributed by atoms with van der Waals surface area (Å²) in [5.74, 6) is 1.01. The third kappa shape index (κ3) is 6.10. The van der Waals surface area contributed by atoms with Gasteiger partial charge in [0.15, 0.2) is 5.82 Å². The summed E-state index contributed by atoms with van der Waals surface area (Å²) in [5, 5.41) is 4.04. The van der Waals surface area contributed by atoms with Crippen molar-refractivity contribution >= 4 is 23.5 Å². The zero-order chi connectivity index (χ0) is 22.2. The second-order valence-corrected chi connectivity index (χ2v) is 9.33. The van der Waals surface area contributed by atoms with Gasteiger partial charge in [0.05, 0.1) is 5.92 Å². The van der Waals surface area contributed by atoms with Crippen LogP contribution in [0.1, 0.15) is 30.4 Å². The van der Waals surface area contributed by atoms with Gasteiger partial charge in [0.2, 0.25) is 5.91 Å². The number of aromatic nitrogens is 2. The minimum absolute atomic E-state index is 0.0142. The quantitative estimate of drug-likeness (QED) is 0.499. The number of rotatable bonds is 8. The van der Waals surface area contributed by atoms with E-state index in [2.05, 4.69) is 75.6 Å². The molecule has 1 aliphatic heterocycles. The first-order valence-corrected chi connectivity index (χ1v) is 12.1. The van der Waals surface area contributed by atoms with Crippen molar-refractivity contribution in [3.05, 3.63) is 78.1 Å². The van der Waals surface area contributed by atoms with Crippen LogP contribution in [-0.2, 0) is 11.2 Å². The Morgan fingerprint density at radius 1 is 1.09 bits per heavy atom. The number of nitrogens with one attached hydrogen (secondary N) is 1. The maximum Gasteiger partial charge on any atom is 0.224 e. The summed E-state index contributed by atoms with van der Waals surface area (Å²) in [6, 6.07) is 18.9. The highest BCUT2D eigenvalue weighted by molar-refractivity contribution is 7.99. The molecule has 1 N–H and O–H groups in total. The molecule has 6 heteroatoms. The van der Waals surface area contributed by atoms with Gasteiger partial charge in [-0.1, -0.05) is 59.8 Å². The predicted molar refractivity (Wildman–Crippen MR) is 130 cm³/mol. The number of amides is 1. The lowest BCUT2D eigenvalue weighted by atomic mass is 9.97. The molecule has 1 saturated heterocycles. The van der Waals surface area contributed by atoms with Crippen molar-refractivity contribution in [1.29, 1.82) is 0 Å².